The molecule has 0 saturated carbocycles. The van der Waals surface area contributed by atoms with Crippen LogP contribution in [0, 0.1) is 0 Å². The molecule has 0 aliphatic carbocycles. The van der Waals surface area contributed by atoms with Crippen LogP contribution in [0.25, 0.3) is 10.9 Å². The Morgan fingerprint density at radius 1 is 1.11 bits per heavy atom. The van der Waals surface area contributed by atoms with Crippen molar-refractivity contribution < 1.29 is 5.11 Å². The van der Waals surface area contributed by atoms with E-state index in [1.165, 1.54) is 16.5 Å². The SMILES string of the molecule is CN(C)[C@]1(c2ccccc2)CCN(Cc2cnc3ccccc3c2)C[C@H]1O. The molecule has 1 fully saturated rings. The third-order valence-electron chi connectivity index (χ3n) is 5.92. The molecule has 1 aliphatic heterocycles. The van der Waals surface area contributed by atoms with E-state index in [-0.39, 0.29) is 5.54 Å². The molecule has 1 N–H and O–H groups in total. The second-order valence-electron chi connectivity index (χ2n) is 7.72. The fourth-order valence-corrected chi connectivity index (χ4v) is 4.43. The zero-order chi connectivity index (χ0) is 18.9. The lowest BCUT2D eigenvalue weighted by atomic mass is 9.77. The molecule has 3 aromatic rings. The number of likely N-dealkylation sites (N-methyl/N-ethyl adjacent to an activating group) is 1. The Morgan fingerprint density at radius 2 is 1.85 bits per heavy atom. The van der Waals surface area contributed by atoms with Crippen molar-refractivity contribution in [1.82, 2.24) is 14.8 Å². The van der Waals surface area contributed by atoms with Crippen LogP contribution < -0.4 is 0 Å². The molecule has 2 atom stereocenters. The number of piperidine rings is 1. The van der Waals surface area contributed by atoms with Crippen LogP contribution in [0.1, 0.15) is 17.5 Å². The number of aliphatic hydroxyl groups excluding tert-OH is 1. The van der Waals surface area contributed by atoms with Crippen molar-refractivity contribution in [1.29, 1.82) is 0 Å². The number of hydrogen-bond acceptors (Lipinski definition) is 4. The fourth-order valence-electron chi connectivity index (χ4n) is 4.43. The van der Waals surface area contributed by atoms with E-state index in [2.05, 4.69) is 65.3 Å². The van der Waals surface area contributed by atoms with Crippen LogP contribution in [0.5, 0.6) is 0 Å². The molecule has 2 aromatic carbocycles. The van der Waals surface area contributed by atoms with E-state index in [0.717, 1.165) is 25.0 Å². The number of hydrogen-bond donors (Lipinski definition) is 1. The first-order valence-corrected chi connectivity index (χ1v) is 9.56. The first-order valence-electron chi connectivity index (χ1n) is 9.56. The molecule has 0 radical (unpaired) electrons. The van der Waals surface area contributed by atoms with Crippen LogP contribution in [0.3, 0.4) is 0 Å². The Kier molecular flexibility index (Phi) is 4.96. The van der Waals surface area contributed by atoms with E-state index in [4.69, 9.17) is 0 Å². The van der Waals surface area contributed by atoms with E-state index in [0.29, 0.717) is 6.54 Å². The highest BCUT2D eigenvalue weighted by atomic mass is 16.3. The number of likely N-dealkylation sites (tertiary alicyclic amines) is 1. The van der Waals surface area contributed by atoms with Gasteiger partial charge in [-0.05, 0) is 43.8 Å². The van der Waals surface area contributed by atoms with Gasteiger partial charge in [0, 0.05) is 31.2 Å². The molecule has 4 rings (SSSR count). The fraction of sp³-hybridized carbons (Fsp3) is 0.348. The average molecular weight is 361 g/mol. The summed E-state index contributed by atoms with van der Waals surface area (Å²) in [5.74, 6) is 0. The minimum Gasteiger partial charge on any atom is -0.389 e. The quantitative estimate of drug-likeness (QED) is 0.774. The maximum Gasteiger partial charge on any atom is 0.0892 e. The van der Waals surface area contributed by atoms with Gasteiger partial charge in [0.2, 0.25) is 0 Å². The summed E-state index contributed by atoms with van der Waals surface area (Å²) in [5.41, 5.74) is 3.07. The van der Waals surface area contributed by atoms with E-state index in [9.17, 15) is 5.11 Å². The summed E-state index contributed by atoms with van der Waals surface area (Å²) in [6.07, 6.45) is 2.41. The summed E-state index contributed by atoms with van der Waals surface area (Å²) in [4.78, 5) is 9.09. The maximum absolute atomic E-state index is 11.2. The van der Waals surface area contributed by atoms with Gasteiger partial charge in [-0.1, -0.05) is 48.5 Å². The van der Waals surface area contributed by atoms with Crippen LogP contribution in [0.15, 0.2) is 66.9 Å². The minimum absolute atomic E-state index is 0.334. The van der Waals surface area contributed by atoms with E-state index >= 15 is 0 Å². The molecule has 140 valence electrons. The summed E-state index contributed by atoms with van der Waals surface area (Å²) in [7, 11) is 4.14. The van der Waals surface area contributed by atoms with Gasteiger partial charge < -0.3 is 5.11 Å². The molecule has 2 heterocycles. The third kappa shape index (κ3) is 3.36. The van der Waals surface area contributed by atoms with Crippen LogP contribution >= 0.6 is 0 Å². The number of benzene rings is 2. The van der Waals surface area contributed by atoms with Crippen molar-refractivity contribution in [3.63, 3.8) is 0 Å². The van der Waals surface area contributed by atoms with E-state index in [1.807, 2.05) is 30.5 Å². The zero-order valence-electron chi connectivity index (χ0n) is 16.0. The first kappa shape index (κ1) is 18.1. The number of nitrogens with zero attached hydrogens (tertiary/aromatic N) is 3. The minimum atomic E-state index is -0.447. The Balaban J connectivity index is 1.53. The average Bonchev–Trinajstić information content (AvgIpc) is 2.69. The highest BCUT2D eigenvalue weighted by Crippen LogP contribution is 2.38. The Bertz CT molecular complexity index is 912. The molecule has 1 saturated heterocycles. The molecule has 0 unspecified atom stereocenters. The van der Waals surface area contributed by atoms with Crippen LogP contribution in [-0.4, -0.2) is 53.2 Å². The molecule has 0 bridgehead atoms. The molecule has 27 heavy (non-hydrogen) atoms. The van der Waals surface area contributed by atoms with Crippen molar-refractivity contribution in [3.05, 3.63) is 78.0 Å². The lowest BCUT2D eigenvalue weighted by molar-refractivity contribution is -0.0702. The van der Waals surface area contributed by atoms with Crippen LogP contribution in [-0.2, 0) is 12.1 Å². The predicted molar refractivity (Wildman–Crippen MR) is 109 cm³/mol. The van der Waals surface area contributed by atoms with Gasteiger partial charge in [0.05, 0.1) is 17.2 Å². The normalized spacial score (nSPS) is 23.8. The van der Waals surface area contributed by atoms with Crippen molar-refractivity contribution in [3.8, 4) is 0 Å². The molecular weight excluding hydrogens is 334 g/mol. The largest absolute Gasteiger partial charge is 0.389 e. The van der Waals surface area contributed by atoms with Crippen molar-refractivity contribution >= 4 is 10.9 Å². The van der Waals surface area contributed by atoms with Gasteiger partial charge in [-0.15, -0.1) is 0 Å². The molecule has 1 aromatic heterocycles. The summed E-state index contributed by atoms with van der Waals surface area (Å²) >= 11 is 0. The maximum atomic E-state index is 11.2. The van der Waals surface area contributed by atoms with Crippen molar-refractivity contribution in [2.45, 2.75) is 24.6 Å². The lowest BCUT2D eigenvalue weighted by Crippen LogP contribution is -2.59. The summed E-state index contributed by atoms with van der Waals surface area (Å²) in [5, 5.41) is 12.3. The third-order valence-corrected chi connectivity index (χ3v) is 5.92. The number of aromatic nitrogens is 1. The highest BCUT2D eigenvalue weighted by molar-refractivity contribution is 5.78. The summed E-state index contributed by atoms with van der Waals surface area (Å²) in [6, 6.07) is 20.8. The van der Waals surface area contributed by atoms with Gasteiger partial charge in [-0.2, -0.15) is 0 Å². The number of fused-ring (bicyclic) bond motifs is 1. The van der Waals surface area contributed by atoms with Crippen LogP contribution in [0.2, 0.25) is 0 Å². The van der Waals surface area contributed by atoms with E-state index < -0.39 is 6.10 Å². The molecule has 4 heteroatoms. The smallest absolute Gasteiger partial charge is 0.0892 e. The monoisotopic (exact) mass is 361 g/mol. The molecule has 1 aliphatic rings. The number of β-amino-alcohol motifs (C(OH)–C–C–N with tert-alkyl or cyclic N) is 1. The summed E-state index contributed by atoms with van der Waals surface area (Å²) in [6.45, 7) is 2.41. The van der Waals surface area contributed by atoms with Crippen molar-refractivity contribution in [2.24, 2.45) is 0 Å². The molecule has 0 amide bonds. The van der Waals surface area contributed by atoms with Crippen molar-refractivity contribution in [2.75, 3.05) is 27.2 Å². The lowest BCUT2D eigenvalue weighted by Gasteiger charge is -2.50. The topological polar surface area (TPSA) is 39.6 Å². The Morgan fingerprint density at radius 3 is 2.59 bits per heavy atom. The molecule has 4 nitrogen and oxygen atoms in total. The second-order valence-corrected chi connectivity index (χ2v) is 7.72. The number of para-hydroxylation sites is 1. The summed E-state index contributed by atoms with van der Waals surface area (Å²) < 4.78 is 0. The van der Waals surface area contributed by atoms with Gasteiger partial charge in [-0.25, -0.2) is 0 Å². The number of aliphatic hydroxyl groups is 1. The number of rotatable bonds is 4. The standard InChI is InChI=1S/C23H27N3O/c1-25(2)23(20-9-4-3-5-10-20)12-13-26(17-22(23)27)16-18-14-19-8-6-7-11-21(19)24-15-18/h3-11,14-15,22,27H,12-13,16-17H2,1-2H3/t22-,23+/m1/s1. The first-order chi connectivity index (χ1) is 13.1. The van der Waals surface area contributed by atoms with Gasteiger partial charge in [0.25, 0.3) is 0 Å². The second kappa shape index (κ2) is 7.39. The van der Waals surface area contributed by atoms with Gasteiger partial charge >= 0.3 is 0 Å². The Labute approximate surface area is 161 Å². The predicted octanol–water partition coefficient (Wildman–Crippen LogP) is 3.26. The van der Waals surface area contributed by atoms with Gasteiger partial charge in [0.15, 0.2) is 0 Å². The zero-order valence-corrected chi connectivity index (χ0v) is 16.0. The highest BCUT2D eigenvalue weighted by Gasteiger charge is 2.45. The van der Waals surface area contributed by atoms with Crippen LogP contribution in [0.4, 0.5) is 0 Å². The number of pyridine rings is 1. The molecule has 0 spiro atoms. The van der Waals surface area contributed by atoms with Gasteiger partial charge in [0.1, 0.15) is 0 Å². The Hall–Kier alpha value is -2.27. The van der Waals surface area contributed by atoms with E-state index in [1.54, 1.807) is 0 Å². The molecular formula is C23H27N3O. The van der Waals surface area contributed by atoms with Gasteiger partial charge in [-0.3, -0.25) is 14.8 Å².